The summed E-state index contributed by atoms with van der Waals surface area (Å²) >= 11 is 4.98. The van der Waals surface area contributed by atoms with Gasteiger partial charge in [0.15, 0.2) is 0 Å². The SMILES string of the molecule is Brc1ccsc1.C#Cc1ccccc1N. The number of hydrogen-bond donors (Lipinski definition) is 1. The molecular weight excluding hydrogens is 270 g/mol. The Morgan fingerprint density at radius 3 is 2.33 bits per heavy atom. The van der Waals surface area contributed by atoms with Crippen LogP contribution in [0, 0.1) is 12.3 Å². The zero-order valence-electron chi connectivity index (χ0n) is 7.98. The number of nitrogens with two attached hydrogens (primary N) is 1. The van der Waals surface area contributed by atoms with Gasteiger partial charge in [0, 0.05) is 21.1 Å². The van der Waals surface area contributed by atoms with Crippen molar-refractivity contribution in [2.24, 2.45) is 0 Å². The molecule has 2 rings (SSSR count). The number of terminal acetylenes is 1. The minimum Gasteiger partial charge on any atom is -0.398 e. The third kappa shape index (κ3) is 4.20. The van der Waals surface area contributed by atoms with E-state index in [0.717, 1.165) is 5.56 Å². The fraction of sp³-hybridized carbons (Fsp3) is 0. The van der Waals surface area contributed by atoms with E-state index in [0.29, 0.717) is 5.69 Å². The van der Waals surface area contributed by atoms with E-state index in [1.165, 1.54) is 4.47 Å². The maximum absolute atomic E-state index is 5.49. The van der Waals surface area contributed by atoms with Crippen molar-refractivity contribution in [3.8, 4) is 12.3 Å². The molecule has 1 nitrogen and oxygen atoms in total. The molecule has 0 aliphatic rings. The summed E-state index contributed by atoms with van der Waals surface area (Å²) in [4.78, 5) is 0. The van der Waals surface area contributed by atoms with Crippen molar-refractivity contribution in [1.82, 2.24) is 0 Å². The first-order valence-electron chi connectivity index (χ1n) is 4.23. The van der Waals surface area contributed by atoms with Crippen LogP contribution in [0.5, 0.6) is 0 Å². The molecule has 1 aromatic heterocycles. The van der Waals surface area contributed by atoms with E-state index in [1.807, 2.05) is 35.0 Å². The van der Waals surface area contributed by atoms with Crippen molar-refractivity contribution < 1.29 is 0 Å². The van der Waals surface area contributed by atoms with Crippen molar-refractivity contribution in [3.05, 3.63) is 51.1 Å². The van der Waals surface area contributed by atoms with Crippen LogP contribution in [0.1, 0.15) is 5.56 Å². The molecule has 0 fully saturated rings. The Kier molecular flexibility index (Phi) is 4.96. The molecule has 0 spiro atoms. The molecule has 15 heavy (non-hydrogen) atoms. The lowest BCUT2D eigenvalue weighted by atomic mass is 10.2. The first-order chi connectivity index (χ1) is 7.24. The van der Waals surface area contributed by atoms with Crippen molar-refractivity contribution in [1.29, 1.82) is 0 Å². The number of rotatable bonds is 0. The number of para-hydroxylation sites is 1. The molecule has 0 aliphatic heterocycles. The Morgan fingerprint density at radius 2 is 2.00 bits per heavy atom. The quantitative estimate of drug-likeness (QED) is 0.577. The summed E-state index contributed by atoms with van der Waals surface area (Å²) in [5.41, 5.74) is 6.92. The van der Waals surface area contributed by atoms with Crippen molar-refractivity contribution in [2.45, 2.75) is 0 Å². The van der Waals surface area contributed by atoms with Crippen LogP contribution in [-0.2, 0) is 0 Å². The second kappa shape index (κ2) is 6.28. The summed E-state index contributed by atoms with van der Waals surface area (Å²) in [5, 5.41) is 4.07. The molecule has 0 aliphatic carbocycles. The van der Waals surface area contributed by atoms with Gasteiger partial charge in [-0.05, 0) is 39.5 Å². The third-order valence-corrected chi connectivity index (χ3v) is 3.08. The highest BCUT2D eigenvalue weighted by atomic mass is 79.9. The minimum atomic E-state index is 0.667. The predicted molar refractivity (Wildman–Crippen MR) is 70.8 cm³/mol. The molecule has 1 aromatic carbocycles. The van der Waals surface area contributed by atoms with Gasteiger partial charge in [0.2, 0.25) is 0 Å². The zero-order chi connectivity index (χ0) is 11.1. The van der Waals surface area contributed by atoms with Crippen LogP contribution in [-0.4, -0.2) is 0 Å². The second-order valence-electron chi connectivity index (χ2n) is 2.67. The maximum atomic E-state index is 5.49. The summed E-state index contributed by atoms with van der Waals surface area (Å²) in [6.07, 6.45) is 5.12. The van der Waals surface area contributed by atoms with Gasteiger partial charge in [0.25, 0.3) is 0 Å². The van der Waals surface area contributed by atoms with E-state index in [1.54, 1.807) is 17.4 Å². The van der Waals surface area contributed by atoms with E-state index < -0.39 is 0 Å². The van der Waals surface area contributed by atoms with Crippen molar-refractivity contribution >= 4 is 33.0 Å². The van der Waals surface area contributed by atoms with Crippen LogP contribution < -0.4 is 5.73 Å². The highest BCUT2D eigenvalue weighted by molar-refractivity contribution is 9.10. The number of thiophene rings is 1. The summed E-state index contributed by atoms with van der Waals surface area (Å²) in [5.74, 6) is 2.47. The van der Waals surface area contributed by atoms with Gasteiger partial charge < -0.3 is 5.73 Å². The van der Waals surface area contributed by atoms with Gasteiger partial charge in [-0.2, -0.15) is 11.3 Å². The Bertz CT molecular complexity index is 443. The molecule has 3 heteroatoms. The smallest absolute Gasteiger partial charge is 0.0473 e. The van der Waals surface area contributed by atoms with E-state index in [9.17, 15) is 0 Å². The summed E-state index contributed by atoms with van der Waals surface area (Å²) < 4.78 is 1.17. The van der Waals surface area contributed by atoms with Gasteiger partial charge in [0.05, 0.1) is 0 Å². The molecule has 0 amide bonds. The van der Waals surface area contributed by atoms with Gasteiger partial charge in [-0.3, -0.25) is 0 Å². The van der Waals surface area contributed by atoms with E-state index in [4.69, 9.17) is 12.2 Å². The molecule has 76 valence electrons. The molecule has 0 saturated carbocycles. The molecule has 2 N–H and O–H groups in total. The lowest BCUT2D eigenvalue weighted by Crippen LogP contribution is -1.87. The van der Waals surface area contributed by atoms with Gasteiger partial charge in [-0.25, -0.2) is 0 Å². The molecule has 0 unspecified atom stereocenters. The first kappa shape index (κ1) is 11.8. The van der Waals surface area contributed by atoms with Crippen LogP contribution in [0.25, 0.3) is 0 Å². The first-order valence-corrected chi connectivity index (χ1v) is 5.96. The monoisotopic (exact) mass is 279 g/mol. The van der Waals surface area contributed by atoms with Crippen molar-refractivity contribution in [3.63, 3.8) is 0 Å². The topological polar surface area (TPSA) is 26.0 Å². The Labute approximate surface area is 102 Å². The largest absolute Gasteiger partial charge is 0.398 e. The molecule has 2 aromatic rings. The Balaban J connectivity index is 0.000000162. The number of nitrogen functional groups attached to an aromatic ring is 1. The predicted octanol–water partition coefficient (Wildman–Crippen LogP) is 3.76. The van der Waals surface area contributed by atoms with E-state index in [2.05, 4.69) is 21.9 Å². The Hall–Kier alpha value is -1.24. The van der Waals surface area contributed by atoms with Crippen LogP contribution >= 0.6 is 27.3 Å². The number of halogens is 1. The average Bonchev–Trinajstić information content (AvgIpc) is 2.71. The third-order valence-electron chi connectivity index (χ3n) is 1.60. The van der Waals surface area contributed by atoms with Gasteiger partial charge >= 0.3 is 0 Å². The molecular formula is C12H10BrNS. The molecule has 0 bridgehead atoms. The molecule has 0 radical (unpaired) electrons. The summed E-state index contributed by atoms with van der Waals surface area (Å²) in [6, 6.07) is 9.34. The fourth-order valence-electron chi connectivity index (χ4n) is 0.876. The maximum Gasteiger partial charge on any atom is 0.0473 e. The van der Waals surface area contributed by atoms with Gasteiger partial charge in [-0.1, -0.05) is 18.1 Å². The summed E-state index contributed by atoms with van der Waals surface area (Å²) in [6.45, 7) is 0. The highest BCUT2D eigenvalue weighted by Crippen LogP contribution is 2.11. The van der Waals surface area contributed by atoms with E-state index >= 15 is 0 Å². The van der Waals surface area contributed by atoms with E-state index in [-0.39, 0.29) is 0 Å². The molecule has 1 heterocycles. The van der Waals surface area contributed by atoms with Gasteiger partial charge in [-0.15, -0.1) is 6.42 Å². The van der Waals surface area contributed by atoms with Crippen LogP contribution in [0.3, 0.4) is 0 Å². The van der Waals surface area contributed by atoms with Gasteiger partial charge in [0.1, 0.15) is 0 Å². The molecule has 0 saturated heterocycles. The fourth-order valence-corrected chi connectivity index (χ4v) is 2.02. The van der Waals surface area contributed by atoms with Crippen molar-refractivity contribution in [2.75, 3.05) is 5.73 Å². The minimum absolute atomic E-state index is 0.667. The normalized spacial score (nSPS) is 8.53. The number of hydrogen-bond acceptors (Lipinski definition) is 2. The second-order valence-corrected chi connectivity index (χ2v) is 4.37. The number of benzene rings is 1. The van der Waals surface area contributed by atoms with Crippen LogP contribution in [0.15, 0.2) is 45.6 Å². The summed E-state index contributed by atoms with van der Waals surface area (Å²) in [7, 11) is 0. The zero-order valence-corrected chi connectivity index (χ0v) is 10.4. The lowest BCUT2D eigenvalue weighted by molar-refractivity contribution is 1.63. The number of anilines is 1. The van der Waals surface area contributed by atoms with Crippen LogP contribution in [0.2, 0.25) is 0 Å². The molecule has 0 atom stereocenters. The Morgan fingerprint density at radius 1 is 1.27 bits per heavy atom. The lowest BCUT2D eigenvalue weighted by Gasteiger charge is -1.93. The highest BCUT2D eigenvalue weighted by Gasteiger charge is 1.88. The standard InChI is InChI=1S/C8H7N.C4H3BrS/c1-2-7-5-3-4-6-8(7)9;5-4-1-2-6-3-4/h1,3-6H,9H2;1-3H. The average molecular weight is 280 g/mol. The van der Waals surface area contributed by atoms with Crippen LogP contribution in [0.4, 0.5) is 5.69 Å².